The van der Waals surface area contributed by atoms with Crippen LogP contribution < -0.4 is 14.9 Å². The molecule has 2 rings (SSSR count). The van der Waals surface area contributed by atoms with E-state index in [9.17, 15) is 15.3 Å². The molecule has 0 aromatic heterocycles. The van der Waals surface area contributed by atoms with E-state index in [0.717, 1.165) is 11.3 Å². The summed E-state index contributed by atoms with van der Waals surface area (Å²) in [6, 6.07) is 14.3. The Hall–Kier alpha value is -2.49. The van der Waals surface area contributed by atoms with Crippen LogP contribution in [0.2, 0.25) is 0 Å². The molecule has 124 valence electrons. The molecule has 0 spiro atoms. The van der Waals surface area contributed by atoms with Crippen LogP contribution in [0.1, 0.15) is 25.0 Å². The van der Waals surface area contributed by atoms with Crippen LogP contribution in [0.3, 0.4) is 0 Å². The zero-order chi connectivity index (χ0) is 17.7. The van der Waals surface area contributed by atoms with Crippen molar-refractivity contribution in [2.45, 2.75) is 19.3 Å². The van der Waals surface area contributed by atoms with Gasteiger partial charge in [-0.05, 0) is 35.3 Å². The molecule has 0 aliphatic rings. The van der Waals surface area contributed by atoms with E-state index in [1.807, 2.05) is 44.2 Å². The highest BCUT2D eigenvalue weighted by Crippen LogP contribution is 2.27. The molecule has 0 atom stereocenters. The fourth-order valence-electron chi connectivity index (χ4n) is 2.31. The van der Waals surface area contributed by atoms with Crippen LogP contribution in [0.4, 0.5) is 0 Å². The molecule has 5 nitrogen and oxygen atoms in total. The van der Waals surface area contributed by atoms with Crippen molar-refractivity contribution in [3.63, 3.8) is 0 Å². The first-order valence-corrected chi connectivity index (χ1v) is 7.55. The van der Waals surface area contributed by atoms with Crippen molar-refractivity contribution >= 4 is 12.6 Å². The van der Waals surface area contributed by atoms with Crippen molar-refractivity contribution in [2.24, 2.45) is 0 Å². The van der Waals surface area contributed by atoms with Crippen molar-refractivity contribution in [1.29, 1.82) is 5.26 Å². The molecule has 0 bridgehead atoms. The van der Waals surface area contributed by atoms with Gasteiger partial charge in [-0.1, -0.05) is 32.0 Å². The second kappa shape index (κ2) is 7.39. The van der Waals surface area contributed by atoms with Crippen molar-refractivity contribution in [3.05, 3.63) is 53.6 Å². The lowest BCUT2D eigenvalue weighted by molar-refractivity contribution is 0.240. The van der Waals surface area contributed by atoms with Gasteiger partial charge in [-0.3, -0.25) is 0 Å². The number of nitrogens with zero attached hydrogens (tertiary/aromatic N) is 1. The third kappa shape index (κ3) is 4.08. The van der Waals surface area contributed by atoms with Crippen LogP contribution in [0.5, 0.6) is 11.5 Å². The van der Waals surface area contributed by atoms with Crippen LogP contribution in [0.25, 0.3) is 0 Å². The number of hydrogen-bond acceptors (Lipinski definition) is 5. The largest absolute Gasteiger partial charge is 0.497 e. The number of hydrogen-bond donors (Lipinski definition) is 2. The van der Waals surface area contributed by atoms with Gasteiger partial charge in [0.05, 0.1) is 19.3 Å². The predicted octanol–water partition coefficient (Wildman–Crippen LogP) is 1.60. The van der Waals surface area contributed by atoms with Crippen molar-refractivity contribution in [2.75, 3.05) is 13.7 Å². The zero-order valence-corrected chi connectivity index (χ0v) is 14.0. The summed E-state index contributed by atoms with van der Waals surface area (Å²) in [7, 11) is 0.0153. The monoisotopic (exact) mass is 325 g/mol. The van der Waals surface area contributed by atoms with Gasteiger partial charge < -0.3 is 19.5 Å². The Morgan fingerprint density at radius 2 is 1.79 bits per heavy atom. The first-order chi connectivity index (χ1) is 11.4. The van der Waals surface area contributed by atoms with Gasteiger partial charge in [-0.15, -0.1) is 0 Å². The van der Waals surface area contributed by atoms with E-state index in [-0.39, 0.29) is 16.4 Å². The van der Waals surface area contributed by atoms with Gasteiger partial charge in [0.2, 0.25) is 0 Å². The fourth-order valence-corrected chi connectivity index (χ4v) is 2.31. The Balaban J connectivity index is 2.15. The van der Waals surface area contributed by atoms with E-state index < -0.39 is 7.12 Å². The summed E-state index contributed by atoms with van der Waals surface area (Å²) in [5.41, 5.74) is 1.34. The molecule has 0 heterocycles. The first-order valence-electron chi connectivity index (χ1n) is 7.55. The molecule has 24 heavy (non-hydrogen) atoms. The number of methoxy groups -OCH3 is 1. The highest BCUT2D eigenvalue weighted by atomic mass is 16.5. The Morgan fingerprint density at radius 3 is 2.33 bits per heavy atom. The number of nitriles is 1. The SMILES string of the molecule is COc1ccc(C(C)(C)COc2ccc(B(O)O)cc2C#N)cc1. The molecular weight excluding hydrogens is 305 g/mol. The van der Waals surface area contributed by atoms with Gasteiger partial charge in [0.25, 0.3) is 0 Å². The second-order valence-electron chi connectivity index (χ2n) is 6.14. The molecule has 0 radical (unpaired) electrons. The third-order valence-corrected chi connectivity index (χ3v) is 3.88. The summed E-state index contributed by atoms with van der Waals surface area (Å²) in [6.45, 7) is 4.47. The predicted molar refractivity (Wildman–Crippen MR) is 92.5 cm³/mol. The molecule has 0 amide bonds. The van der Waals surface area contributed by atoms with Gasteiger partial charge >= 0.3 is 7.12 Å². The minimum Gasteiger partial charge on any atom is -0.497 e. The molecule has 2 aromatic carbocycles. The van der Waals surface area contributed by atoms with Crippen LogP contribution in [0.15, 0.2) is 42.5 Å². The molecule has 0 saturated heterocycles. The first kappa shape index (κ1) is 17.9. The zero-order valence-electron chi connectivity index (χ0n) is 14.0. The number of benzene rings is 2. The van der Waals surface area contributed by atoms with Gasteiger partial charge in [0, 0.05) is 5.41 Å². The van der Waals surface area contributed by atoms with Crippen LogP contribution >= 0.6 is 0 Å². The van der Waals surface area contributed by atoms with E-state index in [0.29, 0.717) is 12.4 Å². The standard InChI is InChI=1S/C18H20BNO4/c1-18(2,14-4-7-16(23-3)8-5-14)12-24-17-9-6-15(19(21)22)10-13(17)11-20/h4-10,21-22H,12H2,1-3H3. The number of ether oxygens (including phenoxy) is 2. The minimum absolute atomic E-state index is 0.258. The fraction of sp³-hybridized carbons (Fsp3) is 0.278. The maximum Gasteiger partial charge on any atom is 0.488 e. The quantitative estimate of drug-likeness (QED) is 0.789. The maximum atomic E-state index is 9.22. The molecular formula is C18H20BNO4. The summed E-state index contributed by atoms with van der Waals surface area (Å²) in [5.74, 6) is 1.21. The highest BCUT2D eigenvalue weighted by molar-refractivity contribution is 6.58. The van der Waals surface area contributed by atoms with E-state index >= 15 is 0 Å². The average Bonchev–Trinajstić information content (AvgIpc) is 2.59. The summed E-state index contributed by atoms with van der Waals surface area (Å²) in [6.07, 6.45) is 0. The normalized spacial score (nSPS) is 10.8. The Labute approximate surface area is 142 Å². The van der Waals surface area contributed by atoms with Crippen LogP contribution in [-0.2, 0) is 5.41 Å². The molecule has 0 saturated carbocycles. The van der Waals surface area contributed by atoms with Gasteiger partial charge in [-0.2, -0.15) is 5.26 Å². The molecule has 0 aliphatic carbocycles. The lowest BCUT2D eigenvalue weighted by Crippen LogP contribution is -2.30. The summed E-state index contributed by atoms with van der Waals surface area (Å²) in [5, 5.41) is 27.6. The topological polar surface area (TPSA) is 82.7 Å². The van der Waals surface area contributed by atoms with Crippen molar-refractivity contribution in [3.8, 4) is 17.6 Å². The lowest BCUT2D eigenvalue weighted by Gasteiger charge is -2.26. The highest BCUT2D eigenvalue weighted by Gasteiger charge is 2.23. The van der Waals surface area contributed by atoms with Gasteiger partial charge in [0.15, 0.2) is 0 Å². The third-order valence-electron chi connectivity index (χ3n) is 3.88. The molecule has 0 aliphatic heterocycles. The van der Waals surface area contributed by atoms with E-state index in [4.69, 9.17) is 9.47 Å². The van der Waals surface area contributed by atoms with Gasteiger partial charge in [-0.25, -0.2) is 0 Å². The second-order valence-corrected chi connectivity index (χ2v) is 6.14. The molecule has 6 heteroatoms. The van der Waals surface area contributed by atoms with Crippen molar-refractivity contribution in [1.82, 2.24) is 0 Å². The molecule has 2 N–H and O–H groups in total. The van der Waals surface area contributed by atoms with Crippen molar-refractivity contribution < 1.29 is 19.5 Å². The summed E-state index contributed by atoms with van der Waals surface area (Å²) < 4.78 is 11.0. The van der Waals surface area contributed by atoms with Gasteiger partial charge in [0.1, 0.15) is 17.6 Å². The Kier molecular flexibility index (Phi) is 5.50. The number of rotatable bonds is 6. The molecule has 0 unspecified atom stereocenters. The van der Waals surface area contributed by atoms with E-state index in [1.54, 1.807) is 13.2 Å². The Bertz CT molecular complexity index is 736. The summed E-state index contributed by atoms with van der Waals surface area (Å²) in [4.78, 5) is 0. The van der Waals surface area contributed by atoms with Crippen LogP contribution in [-0.4, -0.2) is 30.9 Å². The Morgan fingerprint density at radius 1 is 1.12 bits per heavy atom. The minimum atomic E-state index is -1.61. The molecule has 2 aromatic rings. The average molecular weight is 325 g/mol. The maximum absolute atomic E-state index is 9.22. The van der Waals surface area contributed by atoms with E-state index in [2.05, 4.69) is 0 Å². The van der Waals surface area contributed by atoms with E-state index in [1.165, 1.54) is 12.1 Å². The summed E-state index contributed by atoms with van der Waals surface area (Å²) >= 11 is 0. The van der Waals surface area contributed by atoms with Crippen LogP contribution in [0, 0.1) is 11.3 Å². The molecule has 0 fully saturated rings. The smallest absolute Gasteiger partial charge is 0.488 e. The lowest BCUT2D eigenvalue weighted by atomic mass is 9.79.